The number of hydrogen-bond acceptors (Lipinski definition) is 8. The Hall–Kier alpha value is -2.57. The summed E-state index contributed by atoms with van der Waals surface area (Å²) in [6, 6.07) is 0.101. The number of likely N-dealkylation sites (N-methyl/N-ethyl adjacent to an activating group) is 1. The van der Waals surface area contributed by atoms with Crippen LogP contribution in [0.25, 0.3) is 0 Å². The summed E-state index contributed by atoms with van der Waals surface area (Å²) in [4.78, 5) is 39.9. The fourth-order valence-electron chi connectivity index (χ4n) is 4.49. The van der Waals surface area contributed by atoms with Gasteiger partial charge in [-0.15, -0.1) is 0 Å². The molecular weight excluding hydrogens is 422 g/mol. The third kappa shape index (κ3) is 4.48. The van der Waals surface area contributed by atoms with Gasteiger partial charge in [-0.05, 0) is 32.3 Å². The lowest BCUT2D eigenvalue weighted by molar-refractivity contribution is -0.384. The number of piperazine rings is 1. The van der Waals surface area contributed by atoms with E-state index in [0.29, 0.717) is 13.1 Å². The minimum atomic E-state index is -1.92. The number of amides is 1. The number of nitro benzene ring substituents is 1. The maximum atomic E-state index is 15.3. The van der Waals surface area contributed by atoms with Crippen molar-refractivity contribution in [3.63, 3.8) is 0 Å². The first-order valence-electron chi connectivity index (χ1n) is 10.6. The molecule has 0 aromatic heterocycles. The van der Waals surface area contributed by atoms with Crippen molar-refractivity contribution in [3.05, 3.63) is 28.1 Å². The third-order valence-electron chi connectivity index (χ3n) is 6.53. The highest BCUT2D eigenvalue weighted by atomic mass is 19.1. The minimum Gasteiger partial charge on any atom is -0.391 e. The Bertz CT molecular complexity index is 898. The number of aliphatic hydroxyl groups is 1. The van der Waals surface area contributed by atoms with E-state index in [9.17, 15) is 30.0 Å². The average molecular weight is 450 g/mol. The summed E-state index contributed by atoms with van der Waals surface area (Å²) in [6.07, 6.45) is -0.305. The van der Waals surface area contributed by atoms with Gasteiger partial charge in [0.1, 0.15) is 17.5 Å². The normalized spacial score (nSPS) is 28.0. The van der Waals surface area contributed by atoms with Crippen molar-refractivity contribution < 1.29 is 29.2 Å². The molecule has 2 heterocycles. The second-order valence-electron chi connectivity index (χ2n) is 9.00. The van der Waals surface area contributed by atoms with Crippen LogP contribution >= 0.6 is 0 Å². The van der Waals surface area contributed by atoms with Gasteiger partial charge in [0.25, 0.3) is 5.69 Å². The van der Waals surface area contributed by atoms with E-state index in [2.05, 4.69) is 4.90 Å². The summed E-state index contributed by atoms with van der Waals surface area (Å²) in [7, 11) is 1.95. The molecule has 2 unspecified atom stereocenters. The van der Waals surface area contributed by atoms with Crippen LogP contribution in [0.15, 0.2) is 12.1 Å². The number of nitro groups is 1. The first kappa shape index (κ1) is 24.1. The van der Waals surface area contributed by atoms with Gasteiger partial charge in [-0.2, -0.15) is 0 Å². The number of rotatable bonds is 3. The maximum Gasteiger partial charge on any atom is 0.366 e. The largest absolute Gasteiger partial charge is 0.391 e. The van der Waals surface area contributed by atoms with E-state index in [1.54, 1.807) is 11.8 Å². The van der Waals surface area contributed by atoms with Crippen LogP contribution in [0.2, 0.25) is 0 Å². The van der Waals surface area contributed by atoms with Crippen molar-refractivity contribution in [1.82, 2.24) is 9.87 Å². The molecule has 1 aromatic rings. The fourth-order valence-corrected chi connectivity index (χ4v) is 4.49. The summed E-state index contributed by atoms with van der Waals surface area (Å²) < 4.78 is 15.3. The zero-order chi connectivity index (χ0) is 23.9. The molecule has 0 spiro atoms. The van der Waals surface area contributed by atoms with Crippen molar-refractivity contribution in [3.8, 4) is 0 Å². The summed E-state index contributed by atoms with van der Waals surface area (Å²) in [5.74, 6) is -2.85. The first-order valence-corrected chi connectivity index (χ1v) is 10.6. The lowest BCUT2D eigenvalue weighted by Crippen LogP contribution is -2.61. The van der Waals surface area contributed by atoms with Crippen molar-refractivity contribution in [1.29, 1.82) is 0 Å². The van der Waals surface area contributed by atoms with Gasteiger partial charge in [-0.3, -0.25) is 34.8 Å². The van der Waals surface area contributed by atoms with E-state index in [0.717, 1.165) is 12.1 Å². The second kappa shape index (κ2) is 9.12. The third-order valence-corrected chi connectivity index (χ3v) is 6.53. The molecule has 3 rings (SSSR count). The Morgan fingerprint density at radius 3 is 2.31 bits per heavy atom. The quantitative estimate of drug-likeness (QED) is 0.296. The van der Waals surface area contributed by atoms with Gasteiger partial charge < -0.3 is 10.0 Å². The number of benzene rings is 1. The van der Waals surface area contributed by atoms with Gasteiger partial charge in [-0.25, -0.2) is 4.39 Å². The maximum absolute atomic E-state index is 15.3. The standard InChI is InChI=1S/C20H28BFN4O6/c1-11-5-18(27)20(29)21(25(30)19(28)6-11)14-7-17(26(31)32)16(8-15(14)22)24-9-12(2)23(4)13(3)10-24/h7-8,11-13,20,29-30H,5-6,9-10H2,1-4H3/t11?,12-,13+,20?. The van der Waals surface area contributed by atoms with Crippen molar-refractivity contribution in [2.45, 2.75) is 51.7 Å². The molecule has 2 aliphatic rings. The van der Waals surface area contributed by atoms with Crippen LogP contribution in [0.4, 0.5) is 15.8 Å². The van der Waals surface area contributed by atoms with Crippen molar-refractivity contribution in [2.24, 2.45) is 5.92 Å². The zero-order valence-electron chi connectivity index (χ0n) is 18.6. The molecule has 0 radical (unpaired) electrons. The molecule has 2 fully saturated rings. The Morgan fingerprint density at radius 2 is 1.75 bits per heavy atom. The first-order chi connectivity index (χ1) is 14.9. The molecule has 2 N–H and O–H groups in total. The van der Waals surface area contributed by atoms with Crippen LogP contribution in [0, 0.1) is 21.8 Å². The topological polar surface area (TPSA) is 127 Å². The average Bonchev–Trinajstić information content (AvgIpc) is 2.71. The van der Waals surface area contributed by atoms with Gasteiger partial charge in [0.05, 0.1) is 4.92 Å². The van der Waals surface area contributed by atoms with E-state index in [-0.39, 0.29) is 35.6 Å². The molecule has 1 amide bonds. The number of Topliss-reactive ketones (excluding diaryl/α,β-unsaturated/α-hetero) is 1. The van der Waals surface area contributed by atoms with Gasteiger partial charge >= 0.3 is 6.85 Å². The van der Waals surface area contributed by atoms with Gasteiger partial charge in [0.2, 0.25) is 5.91 Å². The van der Waals surface area contributed by atoms with Crippen molar-refractivity contribution in [2.75, 3.05) is 25.0 Å². The number of nitrogens with zero attached hydrogens (tertiary/aromatic N) is 4. The van der Waals surface area contributed by atoms with Gasteiger partial charge in [0.15, 0.2) is 5.78 Å². The van der Waals surface area contributed by atoms with Crippen LogP contribution < -0.4 is 10.4 Å². The number of carbonyl (C=O) groups excluding carboxylic acids is 2. The molecule has 0 saturated carbocycles. The highest BCUT2D eigenvalue weighted by Crippen LogP contribution is 2.32. The van der Waals surface area contributed by atoms with E-state index in [4.69, 9.17) is 0 Å². The van der Waals surface area contributed by atoms with Crippen LogP contribution in [0.1, 0.15) is 33.6 Å². The van der Waals surface area contributed by atoms with Crippen LogP contribution in [0.5, 0.6) is 0 Å². The molecule has 0 bridgehead atoms. The summed E-state index contributed by atoms with van der Waals surface area (Å²) in [5.41, 5.74) is -0.845. The molecule has 10 nitrogen and oxygen atoms in total. The monoisotopic (exact) mass is 450 g/mol. The SMILES string of the molecule is CC1CC(=O)C(O)B(c2cc([N+](=O)[O-])c(N3C[C@@H](C)N(C)[C@@H](C)C3)cc2F)N(O)C(=O)C1. The number of halogens is 1. The number of aliphatic hydroxyl groups excluding tert-OH is 1. The molecule has 2 saturated heterocycles. The lowest BCUT2D eigenvalue weighted by atomic mass is 9.48. The predicted molar refractivity (Wildman–Crippen MR) is 115 cm³/mol. The van der Waals surface area contributed by atoms with Crippen molar-refractivity contribution >= 4 is 35.4 Å². The lowest BCUT2D eigenvalue weighted by Gasteiger charge is -2.43. The van der Waals surface area contributed by atoms with Crippen LogP contribution in [-0.2, 0) is 9.59 Å². The number of hydroxylamine groups is 1. The molecule has 174 valence electrons. The molecular formula is C20H28BFN4O6. The molecule has 2 aliphatic heterocycles. The highest BCUT2D eigenvalue weighted by Gasteiger charge is 2.45. The molecule has 32 heavy (non-hydrogen) atoms. The molecule has 0 aliphatic carbocycles. The second-order valence-corrected chi connectivity index (χ2v) is 9.00. The number of carbonyl (C=O) groups is 2. The number of hydrogen-bond donors (Lipinski definition) is 2. The van der Waals surface area contributed by atoms with E-state index >= 15 is 4.39 Å². The summed E-state index contributed by atoms with van der Waals surface area (Å²) in [6.45, 7) is 4.65. The highest BCUT2D eigenvalue weighted by molar-refractivity contribution is 6.76. The Kier molecular flexibility index (Phi) is 6.87. The molecule has 12 heteroatoms. The zero-order valence-corrected chi connectivity index (χ0v) is 18.6. The Morgan fingerprint density at radius 1 is 1.16 bits per heavy atom. The number of anilines is 1. The van der Waals surface area contributed by atoms with E-state index in [1.165, 1.54) is 0 Å². The minimum absolute atomic E-state index is 0.0682. The van der Waals surface area contributed by atoms with Gasteiger partial charge in [-0.1, -0.05) is 6.92 Å². The predicted octanol–water partition coefficient (Wildman–Crippen LogP) is 0.578. The summed E-state index contributed by atoms with van der Waals surface area (Å²) in [5, 5.41) is 32.8. The number of ketones is 1. The molecule has 4 atom stereocenters. The van der Waals surface area contributed by atoms with Crippen LogP contribution in [-0.4, -0.2) is 81.9 Å². The Labute approximate surface area is 185 Å². The molecule has 1 aromatic carbocycles. The van der Waals surface area contributed by atoms with Gasteiger partial charge in [0, 0.05) is 50.1 Å². The summed E-state index contributed by atoms with van der Waals surface area (Å²) >= 11 is 0. The van der Waals surface area contributed by atoms with E-state index < -0.39 is 52.4 Å². The van der Waals surface area contributed by atoms with Crippen LogP contribution in [0.3, 0.4) is 0 Å². The fraction of sp³-hybridized carbons (Fsp3) is 0.600. The van der Waals surface area contributed by atoms with E-state index in [1.807, 2.05) is 20.9 Å². The Balaban J connectivity index is 2.08. The smallest absolute Gasteiger partial charge is 0.366 e.